The number of rotatable bonds is 3. The molecule has 2 aromatic rings. The van der Waals surface area contributed by atoms with Gasteiger partial charge in [0, 0.05) is 6.20 Å². The minimum absolute atomic E-state index is 0.243. The number of aryl methyl sites for hydroxylation is 2. The Labute approximate surface area is 109 Å². The predicted molar refractivity (Wildman–Crippen MR) is 66.4 cm³/mol. The van der Waals surface area contributed by atoms with E-state index in [2.05, 4.69) is 15.3 Å². The molecular weight excluding hydrogens is 254 g/mol. The van der Waals surface area contributed by atoms with Gasteiger partial charge in [-0.05, 0) is 26.0 Å². The maximum atomic E-state index is 11.8. The van der Waals surface area contributed by atoms with E-state index >= 15 is 0 Å². The Kier molecular flexibility index (Phi) is 3.62. The highest BCUT2D eigenvalue weighted by molar-refractivity contribution is 6.29. The quantitative estimate of drug-likeness (QED) is 0.865. The second kappa shape index (κ2) is 5.18. The Hall–Kier alpha value is -1.88. The molecule has 0 aliphatic carbocycles. The summed E-state index contributed by atoms with van der Waals surface area (Å²) in [5, 5.41) is 3.05. The van der Waals surface area contributed by atoms with E-state index in [1.807, 2.05) is 13.8 Å². The summed E-state index contributed by atoms with van der Waals surface area (Å²) in [6.45, 7) is 3.93. The fraction of sp³-hybridized carbons (Fsp3) is 0.250. The number of halogens is 1. The molecule has 0 spiro atoms. The highest BCUT2D eigenvalue weighted by atomic mass is 35.5. The third kappa shape index (κ3) is 2.87. The molecule has 1 amide bonds. The van der Waals surface area contributed by atoms with Gasteiger partial charge in [-0.15, -0.1) is 0 Å². The van der Waals surface area contributed by atoms with Crippen LogP contribution >= 0.6 is 11.6 Å². The minimum Gasteiger partial charge on any atom is -0.444 e. The van der Waals surface area contributed by atoms with E-state index in [9.17, 15) is 4.79 Å². The van der Waals surface area contributed by atoms with E-state index in [-0.39, 0.29) is 12.5 Å². The van der Waals surface area contributed by atoms with E-state index in [1.54, 1.807) is 12.1 Å². The topological polar surface area (TPSA) is 68.0 Å². The van der Waals surface area contributed by atoms with Crippen LogP contribution in [0, 0.1) is 13.8 Å². The van der Waals surface area contributed by atoms with Gasteiger partial charge in [-0.25, -0.2) is 9.97 Å². The number of carbonyl (C=O) groups excluding carboxylic acids is 1. The van der Waals surface area contributed by atoms with E-state index in [1.165, 1.54) is 6.20 Å². The summed E-state index contributed by atoms with van der Waals surface area (Å²) < 4.78 is 5.36. The number of hydrogen-bond acceptors (Lipinski definition) is 4. The number of amides is 1. The lowest BCUT2D eigenvalue weighted by atomic mass is 10.3. The zero-order valence-corrected chi connectivity index (χ0v) is 10.8. The number of nitrogens with zero attached hydrogens (tertiary/aromatic N) is 2. The fourth-order valence-corrected chi connectivity index (χ4v) is 1.49. The first-order chi connectivity index (χ1) is 8.56. The third-order valence-electron chi connectivity index (χ3n) is 2.46. The maximum absolute atomic E-state index is 11.8. The van der Waals surface area contributed by atoms with Crippen LogP contribution in [0.2, 0.25) is 5.15 Å². The van der Waals surface area contributed by atoms with Crippen LogP contribution in [0.25, 0.3) is 0 Å². The zero-order valence-electron chi connectivity index (χ0n) is 10.0. The zero-order chi connectivity index (χ0) is 13.1. The van der Waals surface area contributed by atoms with Crippen molar-refractivity contribution in [2.24, 2.45) is 0 Å². The summed E-state index contributed by atoms with van der Waals surface area (Å²) in [7, 11) is 0. The molecule has 0 aromatic carbocycles. The van der Waals surface area contributed by atoms with Gasteiger partial charge in [0.15, 0.2) is 0 Å². The van der Waals surface area contributed by atoms with E-state index < -0.39 is 0 Å². The van der Waals surface area contributed by atoms with Gasteiger partial charge in [0.2, 0.25) is 5.89 Å². The smallest absolute Gasteiger partial charge is 0.253 e. The summed E-state index contributed by atoms with van der Waals surface area (Å²) in [6, 6.07) is 3.17. The molecular formula is C12H12ClN3O2. The number of hydrogen-bond donors (Lipinski definition) is 1. The van der Waals surface area contributed by atoms with E-state index in [0.717, 1.165) is 11.5 Å². The first kappa shape index (κ1) is 12.6. The molecule has 0 unspecified atom stereocenters. The Bertz CT molecular complexity index is 544. The summed E-state index contributed by atoms with van der Waals surface area (Å²) >= 11 is 5.64. The Balaban J connectivity index is 1.98. The van der Waals surface area contributed by atoms with Crippen LogP contribution in [-0.4, -0.2) is 15.9 Å². The van der Waals surface area contributed by atoms with E-state index in [4.69, 9.17) is 16.0 Å². The van der Waals surface area contributed by atoms with Crippen molar-refractivity contribution in [3.05, 3.63) is 46.4 Å². The summed E-state index contributed by atoms with van der Waals surface area (Å²) in [5.74, 6) is 1.00. The second-order valence-corrected chi connectivity index (χ2v) is 4.19. The lowest BCUT2D eigenvalue weighted by Gasteiger charge is -2.02. The number of oxazole rings is 1. The number of nitrogens with one attached hydrogen (secondary N) is 1. The Morgan fingerprint density at radius 1 is 1.44 bits per heavy atom. The third-order valence-corrected chi connectivity index (χ3v) is 2.69. The number of pyridine rings is 1. The van der Waals surface area contributed by atoms with Crippen LogP contribution in [-0.2, 0) is 6.54 Å². The average Bonchev–Trinajstić information content (AvgIpc) is 2.67. The normalized spacial score (nSPS) is 10.4. The summed E-state index contributed by atoms with van der Waals surface area (Å²) in [6.07, 6.45) is 1.42. The van der Waals surface area contributed by atoms with Crippen molar-refractivity contribution >= 4 is 17.5 Å². The van der Waals surface area contributed by atoms with Crippen molar-refractivity contribution in [2.45, 2.75) is 20.4 Å². The molecule has 0 bridgehead atoms. The minimum atomic E-state index is -0.243. The van der Waals surface area contributed by atoms with Crippen LogP contribution < -0.4 is 5.32 Å². The van der Waals surface area contributed by atoms with Crippen LogP contribution in [0.3, 0.4) is 0 Å². The first-order valence-corrected chi connectivity index (χ1v) is 5.76. The molecule has 6 heteroatoms. The molecule has 0 saturated heterocycles. The average molecular weight is 266 g/mol. The van der Waals surface area contributed by atoms with Gasteiger partial charge in [0.25, 0.3) is 5.91 Å². The highest BCUT2D eigenvalue weighted by Crippen LogP contribution is 2.08. The van der Waals surface area contributed by atoms with Crippen molar-refractivity contribution in [1.29, 1.82) is 0 Å². The van der Waals surface area contributed by atoms with Crippen LogP contribution in [0.5, 0.6) is 0 Å². The van der Waals surface area contributed by atoms with Gasteiger partial charge in [-0.3, -0.25) is 4.79 Å². The molecule has 2 rings (SSSR count). The lowest BCUT2D eigenvalue weighted by Crippen LogP contribution is -2.23. The molecule has 0 aliphatic rings. The Morgan fingerprint density at radius 3 is 2.78 bits per heavy atom. The largest absolute Gasteiger partial charge is 0.444 e. The van der Waals surface area contributed by atoms with Crippen LogP contribution in [0.4, 0.5) is 0 Å². The molecule has 94 valence electrons. The second-order valence-electron chi connectivity index (χ2n) is 3.80. The molecule has 1 N–H and O–H groups in total. The monoisotopic (exact) mass is 265 g/mol. The van der Waals surface area contributed by atoms with Gasteiger partial charge in [0.1, 0.15) is 10.9 Å². The van der Waals surface area contributed by atoms with Gasteiger partial charge >= 0.3 is 0 Å². The molecule has 5 nitrogen and oxygen atoms in total. The summed E-state index contributed by atoms with van der Waals surface area (Å²) in [4.78, 5) is 19.8. The van der Waals surface area contributed by atoms with Crippen molar-refractivity contribution in [2.75, 3.05) is 0 Å². The molecule has 0 atom stereocenters. The molecule has 2 heterocycles. The molecule has 0 radical (unpaired) electrons. The van der Waals surface area contributed by atoms with Gasteiger partial charge in [0.05, 0.1) is 17.8 Å². The standard InChI is InChI=1S/C12H12ClN3O2/c1-7-8(2)18-11(16-7)6-15-12(17)9-3-4-10(13)14-5-9/h3-5H,6H2,1-2H3,(H,15,17). The van der Waals surface area contributed by atoms with Crippen LogP contribution in [0.15, 0.2) is 22.7 Å². The number of carbonyl (C=O) groups is 1. The molecule has 0 saturated carbocycles. The molecule has 0 fully saturated rings. The number of aromatic nitrogens is 2. The van der Waals surface area contributed by atoms with Gasteiger partial charge < -0.3 is 9.73 Å². The highest BCUT2D eigenvalue weighted by Gasteiger charge is 2.09. The lowest BCUT2D eigenvalue weighted by molar-refractivity contribution is 0.0946. The van der Waals surface area contributed by atoms with Crippen molar-refractivity contribution in [3.8, 4) is 0 Å². The Morgan fingerprint density at radius 2 is 2.22 bits per heavy atom. The van der Waals surface area contributed by atoms with Crippen molar-refractivity contribution < 1.29 is 9.21 Å². The van der Waals surface area contributed by atoms with E-state index in [0.29, 0.717) is 16.6 Å². The van der Waals surface area contributed by atoms with Gasteiger partial charge in [-0.1, -0.05) is 11.6 Å². The SMILES string of the molecule is Cc1nc(CNC(=O)c2ccc(Cl)nc2)oc1C. The predicted octanol–water partition coefficient (Wildman–Crippen LogP) is 2.27. The van der Waals surface area contributed by atoms with Crippen LogP contribution in [0.1, 0.15) is 27.7 Å². The van der Waals surface area contributed by atoms with Crippen molar-refractivity contribution in [1.82, 2.24) is 15.3 Å². The maximum Gasteiger partial charge on any atom is 0.253 e. The molecule has 2 aromatic heterocycles. The van der Waals surface area contributed by atoms with Gasteiger partial charge in [-0.2, -0.15) is 0 Å². The molecule has 0 aliphatic heterocycles. The molecule has 18 heavy (non-hydrogen) atoms. The fourth-order valence-electron chi connectivity index (χ4n) is 1.38. The summed E-state index contributed by atoms with van der Waals surface area (Å²) in [5.41, 5.74) is 1.27. The van der Waals surface area contributed by atoms with Crippen molar-refractivity contribution in [3.63, 3.8) is 0 Å². The first-order valence-electron chi connectivity index (χ1n) is 5.39.